The Morgan fingerprint density at radius 1 is 0.388 bits per heavy atom. The summed E-state index contributed by atoms with van der Waals surface area (Å²) in [5.41, 5.74) is 7.76. The molecule has 0 amide bonds. The van der Waals surface area contributed by atoms with Gasteiger partial charge in [0.15, 0.2) is 22.8 Å². The fourth-order valence-corrected chi connectivity index (χ4v) is 6.50. The van der Waals surface area contributed by atoms with Crippen LogP contribution in [0.5, 0.6) is 0 Å². The highest BCUT2D eigenvalue weighted by atomic mass is 16.4. The second-order valence-electron chi connectivity index (χ2n) is 11.7. The molecular formula is C41H24N6O2. The summed E-state index contributed by atoms with van der Waals surface area (Å²) in [4.78, 5) is 25.0. The summed E-state index contributed by atoms with van der Waals surface area (Å²) in [6.45, 7) is 0. The molecule has 4 aromatic heterocycles. The van der Waals surface area contributed by atoms with E-state index in [1.165, 1.54) is 0 Å². The Morgan fingerprint density at radius 2 is 0.837 bits per heavy atom. The minimum absolute atomic E-state index is 0.447. The number of benzene rings is 6. The van der Waals surface area contributed by atoms with Crippen LogP contribution < -0.4 is 0 Å². The van der Waals surface area contributed by atoms with Gasteiger partial charge in [-0.05, 0) is 60.7 Å². The Kier molecular flexibility index (Phi) is 6.01. The first kappa shape index (κ1) is 27.2. The lowest BCUT2D eigenvalue weighted by atomic mass is 10.1. The van der Waals surface area contributed by atoms with Crippen molar-refractivity contribution in [2.75, 3.05) is 0 Å². The first-order valence-corrected chi connectivity index (χ1v) is 15.9. The Hall–Kier alpha value is -6.93. The average Bonchev–Trinajstić information content (AvgIpc) is 3.89. The fraction of sp³-hybridized carbons (Fsp3) is 0. The summed E-state index contributed by atoms with van der Waals surface area (Å²) in [6.07, 6.45) is 0. The van der Waals surface area contributed by atoms with Crippen molar-refractivity contribution in [2.45, 2.75) is 0 Å². The van der Waals surface area contributed by atoms with E-state index in [1.807, 2.05) is 121 Å². The molecule has 0 radical (unpaired) electrons. The number of oxazole rings is 2. The molecule has 0 saturated carbocycles. The van der Waals surface area contributed by atoms with Crippen LogP contribution in [0.25, 0.3) is 95.6 Å². The molecule has 4 heterocycles. The predicted molar refractivity (Wildman–Crippen MR) is 191 cm³/mol. The number of fused-ring (bicyclic) bond motifs is 5. The summed E-state index contributed by atoms with van der Waals surface area (Å²) < 4.78 is 15.0. The van der Waals surface area contributed by atoms with Crippen LogP contribution in [0.15, 0.2) is 154 Å². The van der Waals surface area contributed by atoms with Gasteiger partial charge in [-0.15, -0.1) is 0 Å². The van der Waals surface area contributed by atoms with E-state index in [0.29, 0.717) is 62.7 Å². The third-order valence-corrected chi connectivity index (χ3v) is 8.76. The Labute approximate surface area is 279 Å². The Morgan fingerprint density at radius 3 is 1.33 bits per heavy atom. The topological polar surface area (TPSA) is 95.7 Å². The highest BCUT2D eigenvalue weighted by molar-refractivity contribution is 6.09. The van der Waals surface area contributed by atoms with Crippen molar-refractivity contribution in [3.63, 3.8) is 0 Å². The summed E-state index contributed by atoms with van der Waals surface area (Å²) in [5.74, 6) is 2.42. The van der Waals surface area contributed by atoms with E-state index in [4.69, 9.17) is 33.8 Å². The molecule has 0 aliphatic heterocycles. The number of hydrogen-bond acceptors (Lipinski definition) is 7. The second kappa shape index (κ2) is 10.8. The molecule has 0 atom stereocenters. The van der Waals surface area contributed by atoms with Crippen LogP contribution in [0, 0.1) is 0 Å². The van der Waals surface area contributed by atoms with Crippen molar-refractivity contribution in [3.8, 4) is 51.6 Å². The van der Waals surface area contributed by atoms with E-state index in [-0.39, 0.29) is 0 Å². The lowest BCUT2D eigenvalue weighted by molar-refractivity contribution is 0.620. The zero-order valence-electron chi connectivity index (χ0n) is 25.9. The van der Waals surface area contributed by atoms with Crippen LogP contribution in [0.2, 0.25) is 0 Å². The zero-order chi connectivity index (χ0) is 32.3. The van der Waals surface area contributed by atoms with E-state index < -0.39 is 0 Å². The minimum atomic E-state index is 0.447. The third kappa shape index (κ3) is 4.42. The number of hydrogen-bond donors (Lipinski definition) is 0. The standard InChI is InChI=1S/C41H24N6O2/c1-3-13-25(14-4-1)39-42-31-21-11-19-29(35(31)48-39)37-44-38(30-20-12-22-32-36(30)49-40(43-32)26-15-5-2-6-16-26)46-41(45-37)47-33-23-9-7-17-27(33)28-18-8-10-24-34(28)47/h1-24H. The molecule has 10 rings (SSSR count). The van der Waals surface area contributed by atoms with Gasteiger partial charge in [0, 0.05) is 21.9 Å². The van der Waals surface area contributed by atoms with Crippen molar-refractivity contribution < 1.29 is 8.83 Å². The van der Waals surface area contributed by atoms with Gasteiger partial charge in [0.05, 0.1) is 22.2 Å². The quantitative estimate of drug-likeness (QED) is 0.186. The molecule has 0 aliphatic carbocycles. The monoisotopic (exact) mass is 632 g/mol. The van der Waals surface area contributed by atoms with Gasteiger partial charge >= 0.3 is 0 Å². The smallest absolute Gasteiger partial charge is 0.238 e. The number of nitrogens with zero attached hydrogens (tertiary/aromatic N) is 6. The molecule has 49 heavy (non-hydrogen) atoms. The van der Waals surface area contributed by atoms with Crippen molar-refractivity contribution in [1.82, 2.24) is 29.5 Å². The zero-order valence-corrected chi connectivity index (χ0v) is 25.9. The maximum atomic E-state index is 6.43. The normalized spacial score (nSPS) is 11.7. The highest BCUT2D eigenvalue weighted by Gasteiger charge is 2.22. The average molecular weight is 633 g/mol. The lowest BCUT2D eigenvalue weighted by Crippen LogP contribution is -2.06. The molecule has 6 aromatic carbocycles. The maximum absolute atomic E-state index is 6.43. The van der Waals surface area contributed by atoms with Gasteiger partial charge in [0.25, 0.3) is 0 Å². The molecule has 0 spiro atoms. The molecular weight excluding hydrogens is 608 g/mol. The van der Waals surface area contributed by atoms with E-state index in [2.05, 4.69) is 28.8 Å². The van der Waals surface area contributed by atoms with E-state index in [9.17, 15) is 0 Å². The summed E-state index contributed by atoms with van der Waals surface area (Å²) in [5, 5.41) is 2.22. The fourth-order valence-electron chi connectivity index (χ4n) is 6.50. The van der Waals surface area contributed by atoms with E-state index in [0.717, 1.165) is 32.9 Å². The van der Waals surface area contributed by atoms with Gasteiger partial charge in [-0.25, -0.2) is 15.0 Å². The molecule has 230 valence electrons. The number of aromatic nitrogens is 6. The van der Waals surface area contributed by atoms with Crippen LogP contribution in [0.1, 0.15) is 0 Å². The maximum Gasteiger partial charge on any atom is 0.238 e. The molecule has 0 fully saturated rings. The van der Waals surface area contributed by atoms with Gasteiger partial charge in [0.1, 0.15) is 11.0 Å². The largest absolute Gasteiger partial charge is 0.435 e. The van der Waals surface area contributed by atoms with E-state index >= 15 is 0 Å². The minimum Gasteiger partial charge on any atom is -0.435 e. The van der Waals surface area contributed by atoms with Crippen molar-refractivity contribution in [1.29, 1.82) is 0 Å². The molecule has 0 saturated heterocycles. The van der Waals surface area contributed by atoms with Gasteiger partial charge in [-0.3, -0.25) is 4.57 Å². The highest BCUT2D eigenvalue weighted by Crippen LogP contribution is 2.36. The Balaban J connectivity index is 1.25. The third-order valence-electron chi connectivity index (χ3n) is 8.76. The van der Waals surface area contributed by atoms with Gasteiger partial charge in [-0.2, -0.15) is 9.97 Å². The van der Waals surface area contributed by atoms with Crippen LogP contribution in [-0.4, -0.2) is 29.5 Å². The molecule has 0 N–H and O–H groups in total. The summed E-state index contributed by atoms with van der Waals surface area (Å²) in [7, 11) is 0. The SMILES string of the molecule is c1ccc(-c2nc3cccc(-c4nc(-c5cccc6nc(-c7ccccc7)oc56)nc(-n5c6ccccc6c6ccccc65)n4)c3o2)cc1. The van der Waals surface area contributed by atoms with Crippen LogP contribution in [0.3, 0.4) is 0 Å². The number of rotatable bonds is 5. The van der Waals surface area contributed by atoms with E-state index in [1.54, 1.807) is 0 Å². The summed E-state index contributed by atoms with van der Waals surface area (Å²) >= 11 is 0. The first-order chi connectivity index (χ1) is 24.3. The molecule has 0 unspecified atom stereocenters. The first-order valence-electron chi connectivity index (χ1n) is 15.9. The Bertz CT molecular complexity index is 2650. The molecule has 8 heteroatoms. The van der Waals surface area contributed by atoms with Gasteiger partial charge in [-0.1, -0.05) is 84.9 Å². The number of para-hydroxylation sites is 4. The van der Waals surface area contributed by atoms with Crippen LogP contribution in [-0.2, 0) is 0 Å². The van der Waals surface area contributed by atoms with Crippen LogP contribution in [0.4, 0.5) is 0 Å². The molecule has 8 nitrogen and oxygen atoms in total. The molecule has 0 bridgehead atoms. The van der Waals surface area contributed by atoms with Crippen molar-refractivity contribution in [2.24, 2.45) is 0 Å². The second-order valence-corrected chi connectivity index (χ2v) is 11.7. The van der Waals surface area contributed by atoms with Gasteiger partial charge in [0.2, 0.25) is 17.7 Å². The molecule has 0 aliphatic rings. The summed E-state index contributed by atoms with van der Waals surface area (Å²) in [6, 6.07) is 48.0. The van der Waals surface area contributed by atoms with Crippen LogP contribution >= 0.6 is 0 Å². The molecule has 10 aromatic rings. The lowest BCUT2D eigenvalue weighted by Gasteiger charge is -2.11. The van der Waals surface area contributed by atoms with Gasteiger partial charge < -0.3 is 8.83 Å². The van der Waals surface area contributed by atoms with Crippen molar-refractivity contribution >= 4 is 44.0 Å². The predicted octanol–water partition coefficient (Wildman–Crippen LogP) is 9.92. The van der Waals surface area contributed by atoms with Crippen molar-refractivity contribution in [3.05, 3.63) is 146 Å².